The number of fused-ring (bicyclic) bond motifs is 1. The fourth-order valence-electron chi connectivity index (χ4n) is 2.83. The van der Waals surface area contributed by atoms with Crippen LogP contribution in [0.3, 0.4) is 0 Å². The van der Waals surface area contributed by atoms with Crippen LogP contribution in [0.4, 0.5) is 5.69 Å². The molecule has 1 N–H and O–H groups in total. The molecule has 0 saturated carbocycles. The van der Waals surface area contributed by atoms with Crippen LogP contribution >= 0.6 is 0 Å². The number of nitro benzene ring substituents is 1. The molecular formula is C19H18N2O6S. The molecule has 0 saturated heterocycles. The summed E-state index contributed by atoms with van der Waals surface area (Å²) in [7, 11) is -3.79. The number of rotatable bonds is 7. The predicted molar refractivity (Wildman–Crippen MR) is 103 cm³/mol. The van der Waals surface area contributed by atoms with E-state index in [4.69, 9.17) is 4.42 Å². The van der Waals surface area contributed by atoms with Gasteiger partial charge in [-0.3, -0.25) is 14.9 Å². The maximum atomic E-state index is 12.3. The molecule has 0 radical (unpaired) electrons. The van der Waals surface area contributed by atoms with Gasteiger partial charge in [0.2, 0.25) is 5.91 Å². The van der Waals surface area contributed by atoms with Crippen molar-refractivity contribution in [2.45, 2.75) is 18.7 Å². The van der Waals surface area contributed by atoms with Crippen LogP contribution in [-0.4, -0.2) is 25.0 Å². The minimum absolute atomic E-state index is 0.198. The quantitative estimate of drug-likeness (QED) is 0.479. The zero-order valence-electron chi connectivity index (χ0n) is 15.0. The second-order valence-electron chi connectivity index (χ2n) is 6.44. The number of nitrogens with one attached hydrogen (secondary N) is 1. The monoisotopic (exact) mass is 402 g/mol. The van der Waals surface area contributed by atoms with E-state index in [1.54, 1.807) is 19.1 Å². The minimum Gasteiger partial charge on any atom is -0.459 e. The maximum absolute atomic E-state index is 12.3. The van der Waals surface area contributed by atoms with E-state index in [9.17, 15) is 23.3 Å². The van der Waals surface area contributed by atoms with Gasteiger partial charge in [0, 0.05) is 17.5 Å². The molecule has 0 fully saturated rings. The van der Waals surface area contributed by atoms with E-state index in [-0.39, 0.29) is 11.3 Å². The molecule has 0 spiro atoms. The molecule has 8 nitrogen and oxygen atoms in total. The van der Waals surface area contributed by atoms with E-state index in [2.05, 4.69) is 5.32 Å². The van der Waals surface area contributed by atoms with Gasteiger partial charge in [-0.2, -0.15) is 0 Å². The van der Waals surface area contributed by atoms with Crippen LogP contribution in [0.1, 0.15) is 24.3 Å². The highest BCUT2D eigenvalue weighted by Gasteiger charge is 2.21. The van der Waals surface area contributed by atoms with E-state index < -0.39 is 38.2 Å². The molecule has 0 bridgehead atoms. The SMILES string of the molecule is C[C@@H](NC(=O)CS(=O)(=O)Cc1cccc([N+](=O)[O-])c1)c1cc2ccccc2o1. The number of carbonyl (C=O) groups excluding carboxylic acids is 1. The summed E-state index contributed by atoms with van der Waals surface area (Å²) in [5.74, 6) is -1.33. The highest BCUT2D eigenvalue weighted by Crippen LogP contribution is 2.23. The Balaban J connectivity index is 1.64. The van der Waals surface area contributed by atoms with Gasteiger partial charge in [0.1, 0.15) is 17.1 Å². The second-order valence-corrected chi connectivity index (χ2v) is 8.50. The summed E-state index contributed by atoms with van der Waals surface area (Å²) in [6.45, 7) is 1.70. The summed E-state index contributed by atoms with van der Waals surface area (Å²) in [5, 5.41) is 14.3. The third kappa shape index (κ3) is 4.74. The Kier molecular flexibility index (Phi) is 5.46. The van der Waals surface area contributed by atoms with Gasteiger partial charge in [0.05, 0.1) is 16.7 Å². The fraction of sp³-hybridized carbons (Fsp3) is 0.211. The van der Waals surface area contributed by atoms with Gasteiger partial charge in [0.25, 0.3) is 5.69 Å². The highest BCUT2D eigenvalue weighted by atomic mass is 32.2. The molecule has 0 aliphatic carbocycles. The van der Waals surface area contributed by atoms with E-state index in [0.29, 0.717) is 11.3 Å². The number of furan rings is 1. The van der Waals surface area contributed by atoms with Gasteiger partial charge in [-0.25, -0.2) is 8.42 Å². The van der Waals surface area contributed by atoms with Crippen LogP contribution in [0.15, 0.2) is 59.0 Å². The molecule has 3 aromatic rings. The van der Waals surface area contributed by atoms with Crippen LogP contribution in [0.25, 0.3) is 11.0 Å². The Bertz CT molecular complexity index is 1100. The van der Waals surface area contributed by atoms with E-state index in [1.165, 1.54) is 24.3 Å². The van der Waals surface area contributed by atoms with Gasteiger partial charge >= 0.3 is 0 Å². The number of nitrogens with zero attached hydrogens (tertiary/aromatic N) is 1. The number of benzene rings is 2. The number of sulfone groups is 1. The van der Waals surface area contributed by atoms with Crippen molar-refractivity contribution in [3.63, 3.8) is 0 Å². The zero-order valence-corrected chi connectivity index (χ0v) is 15.8. The summed E-state index contributed by atoms with van der Waals surface area (Å²) < 4.78 is 30.3. The number of non-ortho nitro benzene ring substituents is 1. The first-order valence-corrected chi connectivity index (χ1v) is 10.3. The summed E-state index contributed by atoms with van der Waals surface area (Å²) in [6.07, 6.45) is 0. The van der Waals surface area contributed by atoms with E-state index in [1.807, 2.05) is 18.2 Å². The lowest BCUT2D eigenvalue weighted by Gasteiger charge is -2.11. The normalized spacial score (nSPS) is 12.6. The standard InChI is InChI=1S/C19H18N2O6S/c1-13(18-10-15-6-2-3-8-17(15)27-18)20-19(22)12-28(25,26)11-14-5-4-7-16(9-14)21(23)24/h2-10,13H,11-12H2,1H3,(H,20,22)/t13-/m1/s1. The third-order valence-corrected chi connectivity index (χ3v) is 5.58. The summed E-state index contributed by atoms with van der Waals surface area (Å²) in [6, 6.07) is 14.0. The zero-order chi connectivity index (χ0) is 20.3. The Morgan fingerprint density at radius 1 is 1.18 bits per heavy atom. The number of hydrogen-bond acceptors (Lipinski definition) is 6. The van der Waals surface area contributed by atoms with E-state index >= 15 is 0 Å². The Labute approximate surface area is 161 Å². The van der Waals surface area contributed by atoms with Gasteiger partial charge < -0.3 is 9.73 Å². The molecule has 3 rings (SSSR count). The number of hydrogen-bond donors (Lipinski definition) is 1. The Morgan fingerprint density at radius 3 is 2.64 bits per heavy atom. The lowest BCUT2D eigenvalue weighted by Crippen LogP contribution is -2.32. The molecule has 0 unspecified atom stereocenters. The lowest BCUT2D eigenvalue weighted by molar-refractivity contribution is -0.384. The molecule has 2 aromatic carbocycles. The average molecular weight is 402 g/mol. The Morgan fingerprint density at radius 2 is 1.93 bits per heavy atom. The van der Waals surface area contributed by atoms with Crippen LogP contribution < -0.4 is 5.32 Å². The molecular weight excluding hydrogens is 384 g/mol. The summed E-state index contributed by atoms with van der Waals surface area (Å²) >= 11 is 0. The average Bonchev–Trinajstić information content (AvgIpc) is 3.05. The van der Waals surface area contributed by atoms with Crippen molar-refractivity contribution < 1.29 is 22.6 Å². The van der Waals surface area contributed by atoms with Crippen molar-refractivity contribution in [3.05, 3.63) is 76.0 Å². The van der Waals surface area contributed by atoms with Gasteiger partial charge in [-0.05, 0) is 24.6 Å². The van der Waals surface area contributed by atoms with Crippen molar-refractivity contribution in [3.8, 4) is 0 Å². The molecule has 1 aromatic heterocycles. The largest absolute Gasteiger partial charge is 0.459 e. The van der Waals surface area contributed by atoms with Crippen molar-refractivity contribution in [1.82, 2.24) is 5.32 Å². The van der Waals surface area contributed by atoms with Crippen LogP contribution in [0, 0.1) is 10.1 Å². The fourth-order valence-corrected chi connectivity index (χ4v) is 4.11. The molecule has 146 valence electrons. The molecule has 1 amide bonds. The maximum Gasteiger partial charge on any atom is 0.269 e. The number of carbonyl (C=O) groups is 1. The van der Waals surface area contributed by atoms with Crippen LogP contribution in [0.5, 0.6) is 0 Å². The van der Waals surface area contributed by atoms with E-state index in [0.717, 1.165) is 5.39 Å². The van der Waals surface area contributed by atoms with Gasteiger partial charge in [-0.1, -0.05) is 30.3 Å². The molecule has 1 atom stereocenters. The number of amides is 1. The first kappa shape index (κ1) is 19.6. The van der Waals surface area contributed by atoms with Crippen molar-refractivity contribution >= 4 is 32.4 Å². The third-order valence-electron chi connectivity index (χ3n) is 4.11. The minimum atomic E-state index is -3.79. The first-order valence-electron chi connectivity index (χ1n) is 8.45. The predicted octanol–water partition coefficient (Wildman–Crippen LogP) is 3.13. The molecule has 0 aliphatic heterocycles. The molecule has 1 heterocycles. The highest BCUT2D eigenvalue weighted by molar-refractivity contribution is 7.91. The Hall–Kier alpha value is -3.20. The molecule has 28 heavy (non-hydrogen) atoms. The lowest BCUT2D eigenvalue weighted by atomic mass is 10.2. The number of nitro groups is 1. The topological polar surface area (TPSA) is 120 Å². The van der Waals surface area contributed by atoms with Gasteiger partial charge in [-0.15, -0.1) is 0 Å². The summed E-state index contributed by atoms with van der Waals surface area (Å²) in [5.41, 5.74) is 0.736. The smallest absolute Gasteiger partial charge is 0.269 e. The van der Waals surface area contributed by atoms with Crippen LogP contribution in [-0.2, 0) is 20.4 Å². The second kappa shape index (κ2) is 7.81. The summed E-state index contributed by atoms with van der Waals surface area (Å²) in [4.78, 5) is 22.4. The first-order chi connectivity index (χ1) is 13.2. The molecule has 0 aliphatic rings. The molecule has 9 heteroatoms. The van der Waals surface area contributed by atoms with Crippen LogP contribution in [0.2, 0.25) is 0 Å². The van der Waals surface area contributed by atoms with Gasteiger partial charge in [0.15, 0.2) is 9.84 Å². The van der Waals surface area contributed by atoms with Crippen molar-refractivity contribution in [2.75, 3.05) is 5.75 Å². The van der Waals surface area contributed by atoms with Crippen molar-refractivity contribution in [1.29, 1.82) is 0 Å². The number of para-hydroxylation sites is 1. The van der Waals surface area contributed by atoms with Crippen molar-refractivity contribution in [2.24, 2.45) is 0 Å².